The first-order chi connectivity index (χ1) is 11.6. The Labute approximate surface area is 150 Å². The molecule has 122 valence electrons. The summed E-state index contributed by atoms with van der Waals surface area (Å²) in [7, 11) is 1.81. The van der Waals surface area contributed by atoms with Crippen LogP contribution in [0.4, 0.5) is 0 Å². The SMILES string of the molecule is CN(Cc1ccc(Cl)cc1)C(=O)Cc1csc(-c2ccccc2)n1. The molecule has 1 aromatic heterocycles. The van der Waals surface area contributed by atoms with E-state index in [1.54, 1.807) is 23.3 Å². The molecule has 0 N–H and O–H groups in total. The number of nitrogens with zero attached hydrogens (tertiary/aromatic N) is 2. The summed E-state index contributed by atoms with van der Waals surface area (Å²) in [6, 6.07) is 17.5. The van der Waals surface area contributed by atoms with Crippen molar-refractivity contribution in [2.45, 2.75) is 13.0 Å². The Bertz CT molecular complexity index is 815. The first-order valence-electron chi connectivity index (χ1n) is 7.60. The van der Waals surface area contributed by atoms with Crippen molar-refractivity contribution in [2.24, 2.45) is 0 Å². The molecule has 0 aliphatic carbocycles. The van der Waals surface area contributed by atoms with Gasteiger partial charge in [0.25, 0.3) is 0 Å². The minimum absolute atomic E-state index is 0.0508. The van der Waals surface area contributed by atoms with Gasteiger partial charge in [-0.2, -0.15) is 0 Å². The summed E-state index contributed by atoms with van der Waals surface area (Å²) < 4.78 is 0. The highest BCUT2D eigenvalue weighted by atomic mass is 35.5. The number of benzene rings is 2. The van der Waals surface area contributed by atoms with Crippen molar-refractivity contribution < 1.29 is 4.79 Å². The van der Waals surface area contributed by atoms with Crippen LogP contribution in [-0.2, 0) is 17.8 Å². The molecular formula is C19H17ClN2OS. The molecule has 0 atom stereocenters. The first-order valence-corrected chi connectivity index (χ1v) is 8.86. The van der Waals surface area contributed by atoms with E-state index in [-0.39, 0.29) is 5.91 Å². The van der Waals surface area contributed by atoms with Crippen molar-refractivity contribution >= 4 is 28.8 Å². The number of rotatable bonds is 5. The van der Waals surface area contributed by atoms with E-state index >= 15 is 0 Å². The van der Waals surface area contributed by atoms with E-state index in [0.717, 1.165) is 21.8 Å². The van der Waals surface area contributed by atoms with Crippen LogP contribution in [0.15, 0.2) is 60.0 Å². The molecule has 0 aliphatic heterocycles. The summed E-state index contributed by atoms with van der Waals surface area (Å²) in [5.41, 5.74) is 2.95. The minimum atomic E-state index is 0.0508. The van der Waals surface area contributed by atoms with Crippen molar-refractivity contribution in [3.8, 4) is 10.6 Å². The fourth-order valence-corrected chi connectivity index (χ4v) is 3.30. The molecule has 24 heavy (non-hydrogen) atoms. The van der Waals surface area contributed by atoms with E-state index in [4.69, 9.17) is 11.6 Å². The average Bonchev–Trinajstić information content (AvgIpc) is 3.06. The molecule has 0 bridgehead atoms. The Morgan fingerprint density at radius 3 is 2.54 bits per heavy atom. The number of amides is 1. The molecule has 0 aliphatic rings. The molecule has 0 saturated heterocycles. The van der Waals surface area contributed by atoms with Gasteiger partial charge in [-0.3, -0.25) is 4.79 Å². The zero-order chi connectivity index (χ0) is 16.9. The van der Waals surface area contributed by atoms with Crippen LogP contribution in [0.1, 0.15) is 11.3 Å². The maximum absolute atomic E-state index is 12.4. The number of hydrogen-bond donors (Lipinski definition) is 0. The Kier molecular flexibility index (Phi) is 5.28. The first kappa shape index (κ1) is 16.7. The number of likely N-dealkylation sites (N-methyl/N-ethyl adjacent to an activating group) is 1. The maximum Gasteiger partial charge on any atom is 0.228 e. The van der Waals surface area contributed by atoms with Crippen LogP contribution in [0, 0.1) is 0 Å². The highest BCUT2D eigenvalue weighted by molar-refractivity contribution is 7.13. The van der Waals surface area contributed by atoms with Gasteiger partial charge in [-0.15, -0.1) is 11.3 Å². The van der Waals surface area contributed by atoms with Gasteiger partial charge in [-0.05, 0) is 17.7 Å². The van der Waals surface area contributed by atoms with Crippen molar-refractivity contribution in [3.63, 3.8) is 0 Å². The molecule has 0 saturated carbocycles. The van der Waals surface area contributed by atoms with Crippen LogP contribution in [0.2, 0.25) is 5.02 Å². The normalized spacial score (nSPS) is 10.6. The largest absolute Gasteiger partial charge is 0.341 e. The van der Waals surface area contributed by atoms with Gasteiger partial charge in [0, 0.05) is 29.6 Å². The smallest absolute Gasteiger partial charge is 0.228 e. The lowest BCUT2D eigenvalue weighted by atomic mass is 10.2. The van der Waals surface area contributed by atoms with Crippen LogP contribution < -0.4 is 0 Å². The third-order valence-corrected chi connectivity index (χ3v) is 4.86. The number of halogens is 1. The quantitative estimate of drug-likeness (QED) is 0.665. The lowest BCUT2D eigenvalue weighted by Gasteiger charge is -2.16. The highest BCUT2D eigenvalue weighted by Crippen LogP contribution is 2.23. The number of carbonyl (C=O) groups excluding carboxylic acids is 1. The summed E-state index contributed by atoms with van der Waals surface area (Å²) in [6.07, 6.45) is 0.313. The topological polar surface area (TPSA) is 33.2 Å². The Morgan fingerprint density at radius 2 is 1.83 bits per heavy atom. The highest BCUT2D eigenvalue weighted by Gasteiger charge is 2.13. The lowest BCUT2D eigenvalue weighted by molar-refractivity contribution is -0.129. The van der Waals surface area contributed by atoms with Crippen molar-refractivity contribution in [1.82, 2.24) is 9.88 Å². The number of aromatic nitrogens is 1. The van der Waals surface area contributed by atoms with Crippen molar-refractivity contribution in [3.05, 3.63) is 76.3 Å². The summed E-state index contributed by atoms with van der Waals surface area (Å²) in [6.45, 7) is 0.561. The molecular weight excluding hydrogens is 340 g/mol. The predicted octanol–water partition coefficient (Wildman–Crippen LogP) is 4.66. The van der Waals surface area contributed by atoms with Gasteiger partial charge in [-0.1, -0.05) is 54.1 Å². The number of thiazole rings is 1. The van der Waals surface area contributed by atoms with Gasteiger partial charge >= 0.3 is 0 Å². The zero-order valence-electron chi connectivity index (χ0n) is 13.3. The molecule has 0 spiro atoms. The molecule has 0 radical (unpaired) electrons. The van der Waals surface area contributed by atoms with Gasteiger partial charge in [0.1, 0.15) is 5.01 Å². The molecule has 0 fully saturated rings. The van der Waals surface area contributed by atoms with Crippen LogP contribution in [0.5, 0.6) is 0 Å². The number of carbonyl (C=O) groups is 1. The van der Waals surface area contributed by atoms with Gasteiger partial charge in [0.15, 0.2) is 0 Å². The molecule has 1 heterocycles. The molecule has 3 nitrogen and oxygen atoms in total. The third kappa shape index (κ3) is 4.22. The summed E-state index contributed by atoms with van der Waals surface area (Å²) in [5, 5.41) is 3.60. The van der Waals surface area contributed by atoms with Crippen LogP contribution in [-0.4, -0.2) is 22.8 Å². The summed E-state index contributed by atoms with van der Waals surface area (Å²) >= 11 is 7.45. The molecule has 3 rings (SSSR count). The molecule has 2 aromatic carbocycles. The summed E-state index contributed by atoms with van der Waals surface area (Å²) in [5.74, 6) is 0.0508. The van der Waals surface area contributed by atoms with Gasteiger partial charge in [0.05, 0.1) is 12.1 Å². The van der Waals surface area contributed by atoms with E-state index in [9.17, 15) is 4.79 Å². The molecule has 1 amide bonds. The van der Waals surface area contributed by atoms with Crippen LogP contribution >= 0.6 is 22.9 Å². The second kappa shape index (κ2) is 7.60. The third-order valence-electron chi connectivity index (χ3n) is 3.66. The fraction of sp³-hybridized carbons (Fsp3) is 0.158. The van der Waals surface area contributed by atoms with E-state index < -0.39 is 0 Å². The minimum Gasteiger partial charge on any atom is -0.341 e. The Balaban J connectivity index is 1.62. The lowest BCUT2D eigenvalue weighted by Crippen LogP contribution is -2.27. The predicted molar refractivity (Wildman–Crippen MR) is 99.2 cm³/mol. The average molecular weight is 357 g/mol. The van der Waals surface area contributed by atoms with Crippen molar-refractivity contribution in [2.75, 3.05) is 7.05 Å². The molecule has 0 unspecified atom stereocenters. The second-order valence-electron chi connectivity index (χ2n) is 5.56. The van der Waals surface area contributed by atoms with E-state index in [1.807, 2.05) is 60.0 Å². The second-order valence-corrected chi connectivity index (χ2v) is 6.86. The maximum atomic E-state index is 12.4. The zero-order valence-corrected chi connectivity index (χ0v) is 14.8. The van der Waals surface area contributed by atoms with Gasteiger partial charge in [0.2, 0.25) is 5.91 Å². The molecule has 3 aromatic rings. The Hall–Kier alpha value is -2.17. The standard InChI is InChI=1S/C19H17ClN2OS/c1-22(12-14-7-9-16(20)10-8-14)18(23)11-17-13-24-19(21-17)15-5-3-2-4-6-15/h2-10,13H,11-12H2,1H3. The monoisotopic (exact) mass is 356 g/mol. The summed E-state index contributed by atoms with van der Waals surface area (Å²) in [4.78, 5) is 18.7. The van der Waals surface area contributed by atoms with E-state index in [1.165, 1.54) is 0 Å². The van der Waals surface area contributed by atoms with Crippen LogP contribution in [0.3, 0.4) is 0 Å². The fourth-order valence-electron chi connectivity index (χ4n) is 2.34. The van der Waals surface area contributed by atoms with Crippen molar-refractivity contribution in [1.29, 1.82) is 0 Å². The number of hydrogen-bond acceptors (Lipinski definition) is 3. The Morgan fingerprint density at radius 1 is 1.12 bits per heavy atom. The van der Waals surface area contributed by atoms with E-state index in [0.29, 0.717) is 18.0 Å². The van der Waals surface area contributed by atoms with Crippen LogP contribution in [0.25, 0.3) is 10.6 Å². The van der Waals surface area contributed by atoms with Gasteiger partial charge in [-0.25, -0.2) is 4.98 Å². The van der Waals surface area contributed by atoms with E-state index in [2.05, 4.69) is 4.98 Å². The molecule has 5 heteroatoms. The van der Waals surface area contributed by atoms with Gasteiger partial charge < -0.3 is 4.90 Å².